The lowest BCUT2D eigenvalue weighted by atomic mass is 9.70. The molecule has 0 saturated heterocycles. The predicted molar refractivity (Wildman–Crippen MR) is 192 cm³/mol. The molecule has 0 atom stereocenters. The van der Waals surface area contributed by atoms with Gasteiger partial charge in [0.25, 0.3) is 0 Å². The van der Waals surface area contributed by atoms with E-state index < -0.39 is 0 Å². The molecule has 0 bridgehead atoms. The highest BCUT2D eigenvalue weighted by atomic mass is 16.5. The molecule has 47 heavy (non-hydrogen) atoms. The van der Waals surface area contributed by atoms with E-state index >= 15 is 0 Å². The Morgan fingerprint density at radius 1 is 0.340 bits per heavy atom. The first kappa shape index (κ1) is 26.5. The van der Waals surface area contributed by atoms with Crippen LogP contribution >= 0.6 is 0 Å². The van der Waals surface area contributed by atoms with Gasteiger partial charge in [0.2, 0.25) is 0 Å². The summed E-state index contributed by atoms with van der Waals surface area (Å²) in [5.41, 5.74) is 17.6. The molecule has 0 N–H and O–H groups in total. The zero-order valence-electron chi connectivity index (χ0n) is 26.4. The van der Waals surface area contributed by atoms with E-state index in [1.165, 1.54) is 77.9 Å². The third kappa shape index (κ3) is 3.49. The normalized spacial score (nSPS) is 15.1. The van der Waals surface area contributed by atoms with Crippen LogP contribution in [-0.4, -0.2) is 0 Å². The summed E-state index contributed by atoms with van der Waals surface area (Å²) >= 11 is 0. The maximum absolute atomic E-state index is 6.36. The summed E-state index contributed by atoms with van der Waals surface area (Å²) in [5.74, 6) is 1.89. The number of benzene rings is 7. The Kier molecular flexibility index (Phi) is 5.33. The van der Waals surface area contributed by atoms with Crippen molar-refractivity contribution < 1.29 is 4.74 Å². The molecule has 1 aliphatic heterocycles. The maximum Gasteiger partial charge on any atom is 0.131 e. The first-order chi connectivity index (χ1) is 23.0. The lowest BCUT2D eigenvalue weighted by molar-refractivity contribution is 0.418. The smallest absolute Gasteiger partial charge is 0.131 e. The van der Waals surface area contributed by atoms with Crippen molar-refractivity contribution in [2.24, 2.45) is 0 Å². The van der Waals surface area contributed by atoms with Crippen molar-refractivity contribution in [3.05, 3.63) is 191 Å². The van der Waals surface area contributed by atoms with Crippen LogP contribution in [0.1, 0.15) is 47.2 Å². The molecule has 0 saturated carbocycles. The summed E-state index contributed by atoms with van der Waals surface area (Å²) in [5, 5.41) is 0. The van der Waals surface area contributed by atoms with Crippen molar-refractivity contribution in [1.82, 2.24) is 0 Å². The molecule has 222 valence electrons. The van der Waals surface area contributed by atoms with Gasteiger partial charge in [0.1, 0.15) is 11.5 Å². The molecule has 0 amide bonds. The van der Waals surface area contributed by atoms with Gasteiger partial charge in [0.05, 0.1) is 5.41 Å². The predicted octanol–water partition coefficient (Wildman–Crippen LogP) is 11.8. The molecule has 0 unspecified atom stereocenters. The standard InChI is InChI=1S/C46H32O/c1-45(2)40-20-9-10-21-43(40)47-44-25-23-32(28-42(44)45)30-13-11-12-29(26-30)31-22-24-36-35-16-5-8-19-39(35)46(41(36)27-31)37-17-6-3-14-33(37)34-15-4-7-18-38(34)46/h3-28H,1-2H3. The van der Waals surface area contributed by atoms with Gasteiger partial charge in [-0.05, 0) is 97.1 Å². The molecule has 2 aliphatic carbocycles. The van der Waals surface area contributed by atoms with Crippen LogP contribution in [0.15, 0.2) is 158 Å². The van der Waals surface area contributed by atoms with E-state index in [0.717, 1.165) is 11.5 Å². The van der Waals surface area contributed by atoms with Crippen LogP contribution < -0.4 is 4.74 Å². The first-order valence-electron chi connectivity index (χ1n) is 16.5. The van der Waals surface area contributed by atoms with Crippen LogP contribution in [0.2, 0.25) is 0 Å². The van der Waals surface area contributed by atoms with Crippen LogP contribution in [-0.2, 0) is 10.8 Å². The van der Waals surface area contributed by atoms with Gasteiger partial charge >= 0.3 is 0 Å². The van der Waals surface area contributed by atoms with Crippen molar-refractivity contribution in [2.75, 3.05) is 0 Å². The zero-order chi connectivity index (χ0) is 31.3. The van der Waals surface area contributed by atoms with Crippen LogP contribution in [0.25, 0.3) is 44.5 Å². The van der Waals surface area contributed by atoms with Gasteiger partial charge < -0.3 is 4.74 Å². The first-order valence-corrected chi connectivity index (χ1v) is 16.5. The quantitative estimate of drug-likeness (QED) is 0.192. The van der Waals surface area contributed by atoms with Crippen LogP contribution in [0.3, 0.4) is 0 Å². The maximum atomic E-state index is 6.36. The Labute approximate surface area is 275 Å². The van der Waals surface area contributed by atoms with Crippen molar-refractivity contribution in [2.45, 2.75) is 24.7 Å². The summed E-state index contributed by atoms with van der Waals surface area (Å²) in [6.07, 6.45) is 0. The lowest BCUT2D eigenvalue weighted by Crippen LogP contribution is -2.25. The Balaban J connectivity index is 1.13. The molecule has 10 rings (SSSR count). The topological polar surface area (TPSA) is 9.23 Å². The van der Waals surface area contributed by atoms with E-state index in [1.807, 2.05) is 6.07 Å². The number of rotatable bonds is 2. The second-order valence-corrected chi connectivity index (χ2v) is 13.7. The highest BCUT2D eigenvalue weighted by molar-refractivity contribution is 5.96. The summed E-state index contributed by atoms with van der Waals surface area (Å²) in [7, 11) is 0. The van der Waals surface area contributed by atoms with Gasteiger partial charge in [-0.3, -0.25) is 0 Å². The van der Waals surface area contributed by atoms with E-state index in [-0.39, 0.29) is 10.8 Å². The fourth-order valence-corrected chi connectivity index (χ4v) is 8.78. The lowest BCUT2D eigenvalue weighted by Gasteiger charge is -2.34. The molecule has 1 nitrogen and oxygen atoms in total. The summed E-state index contributed by atoms with van der Waals surface area (Å²) in [4.78, 5) is 0. The van der Waals surface area contributed by atoms with Crippen molar-refractivity contribution in [1.29, 1.82) is 0 Å². The highest BCUT2D eigenvalue weighted by Gasteiger charge is 2.51. The monoisotopic (exact) mass is 600 g/mol. The second kappa shape index (κ2) is 9.44. The SMILES string of the molecule is CC1(C)c2ccccc2Oc2ccc(-c3cccc(-c4ccc5c(c4)C4(c6ccccc6-c6ccccc64)c4ccccc4-5)c3)cc21. The van der Waals surface area contributed by atoms with Gasteiger partial charge in [0.15, 0.2) is 0 Å². The summed E-state index contributed by atoms with van der Waals surface area (Å²) < 4.78 is 6.36. The van der Waals surface area contributed by atoms with Gasteiger partial charge in [-0.25, -0.2) is 0 Å². The number of fused-ring (bicyclic) bond motifs is 12. The van der Waals surface area contributed by atoms with Crippen molar-refractivity contribution in [3.63, 3.8) is 0 Å². The molecular formula is C46H32O. The van der Waals surface area contributed by atoms with Crippen molar-refractivity contribution >= 4 is 0 Å². The van der Waals surface area contributed by atoms with Gasteiger partial charge in [-0.15, -0.1) is 0 Å². The fourth-order valence-electron chi connectivity index (χ4n) is 8.78. The van der Waals surface area contributed by atoms with E-state index in [0.29, 0.717) is 0 Å². The molecule has 0 radical (unpaired) electrons. The number of para-hydroxylation sites is 1. The van der Waals surface area contributed by atoms with Crippen molar-refractivity contribution in [3.8, 4) is 56.0 Å². The molecule has 3 aliphatic rings. The Morgan fingerprint density at radius 2 is 0.787 bits per heavy atom. The van der Waals surface area contributed by atoms with Crippen LogP contribution in [0.4, 0.5) is 0 Å². The number of hydrogen-bond donors (Lipinski definition) is 0. The fraction of sp³-hybridized carbons (Fsp3) is 0.0870. The van der Waals surface area contributed by atoms with E-state index in [9.17, 15) is 0 Å². The third-order valence-electron chi connectivity index (χ3n) is 11.0. The van der Waals surface area contributed by atoms with E-state index in [1.54, 1.807) is 0 Å². The molecule has 0 fully saturated rings. The zero-order valence-corrected chi connectivity index (χ0v) is 26.4. The Morgan fingerprint density at radius 3 is 1.40 bits per heavy atom. The largest absolute Gasteiger partial charge is 0.457 e. The molecule has 1 spiro atoms. The average molecular weight is 601 g/mol. The van der Waals surface area contributed by atoms with Gasteiger partial charge in [0, 0.05) is 16.5 Å². The number of hydrogen-bond acceptors (Lipinski definition) is 1. The van der Waals surface area contributed by atoms with E-state index in [4.69, 9.17) is 4.74 Å². The second-order valence-electron chi connectivity index (χ2n) is 13.7. The minimum absolute atomic E-state index is 0.158. The molecule has 1 heteroatoms. The molecule has 0 aromatic heterocycles. The Bertz CT molecular complexity index is 2360. The highest BCUT2D eigenvalue weighted by Crippen LogP contribution is 2.63. The minimum Gasteiger partial charge on any atom is -0.457 e. The summed E-state index contributed by atoms with van der Waals surface area (Å²) in [6.45, 7) is 4.59. The van der Waals surface area contributed by atoms with E-state index in [2.05, 4.69) is 166 Å². The molecule has 7 aromatic carbocycles. The molecule has 1 heterocycles. The summed E-state index contributed by atoms with van der Waals surface area (Å²) in [6, 6.07) is 58.2. The van der Waals surface area contributed by atoms with Crippen LogP contribution in [0.5, 0.6) is 11.5 Å². The Hall–Kier alpha value is -5.66. The molecule has 7 aromatic rings. The average Bonchev–Trinajstić information content (AvgIpc) is 3.59. The minimum atomic E-state index is -0.340. The number of ether oxygens (including phenoxy) is 1. The van der Waals surface area contributed by atoms with Gasteiger partial charge in [-0.2, -0.15) is 0 Å². The van der Waals surface area contributed by atoms with Gasteiger partial charge in [-0.1, -0.05) is 141 Å². The third-order valence-corrected chi connectivity index (χ3v) is 11.0. The molecular weight excluding hydrogens is 569 g/mol. The van der Waals surface area contributed by atoms with Crippen LogP contribution in [0, 0.1) is 0 Å².